The molecule has 0 saturated heterocycles. The summed E-state index contributed by atoms with van der Waals surface area (Å²) < 4.78 is 52.9. The quantitative estimate of drug-likeness (QED) is 0.0166. The van der Waals surface area contributed by atoms with Crippen LogP contribution in [0.2, 0.25) is 0 Å². The number of hydrogen-bond donors (Lipinski definition) is 5. The number of phosphoric ester groups is 2. The van der Waals surface area contributed by atoms with E-state index in [1.807, 2.05) is 0 Å². The molecular formula is C45H84O15P2. The molecule has 0 spiro atoms. The topological polar surface area (TPSA) is 225 Å². The first-order chi connectivity index (χ1) is 29.8. The molecule has 0 bridgehead atoms. The molecule has 0 saturated carbocycles. The third kappa shape index (κ3) is 43.5. The van der Waals surface area contributed by atoms with E-state index in [1.165, 1.54) is 70.6 Å². The Morgan fingerprint density at radius 3 is 1.08 bits per heavy atom. The minimum atomic E-state index is -4.78. The van der Waals surface area contributed by atoms with Crippen molar-refractivity contribution in [3.8, 4) is 0 Å². The van der Waals surface area contributed by atoms with Crippen LogP contribution >= 0.6 is 15.6 Å². The summed E-state index contributed by atoms with van der Waals surface area (Å²) >= 11 is 0. The second-order valence-corrected chi connectivity index (χ2v) is 18.7. The van der Waals surface area contributed by atoms with Crippen molar-refractivity contribution in [3.05, 3.63) is 36.5 Å². The van der Waals surface area contributed by atoms with E-state index in [2.05, 4.69) is 68.4 Å². The number of rotatable bonds is 45. The van der Waals surface area contributed by atoms with Gasteiger partial charge in [-0.1, -0.05) is 140 Å². The number of esters is 2. The number of carbonyl (C=O) groups excluding carboxylic acids is 2. The minimum absolute atomic E-state index is 0.186. The number of hydrogen-bond acceptors (Lipinski definition) is 13. The molecule has 0 aliphatic rings. The second-order valence-electron chi connectivity index (χ2n) is 15.8. The molecule has 5 atom stereocenters. The highest BCUT2D eigenvalue weighted by Gasteiger charge is 2.28. The first-order valence-electron chi connectivity index (χ1n) is 23.3. The second kappa shape index (κ2) is 41.9. The summed E-state index contributed by atoms with van der Waals surface area (Å²) in [6.45, 7) is 0.337. The average Bonchev–Trinajstić information content (AvgIpc) is 3.24. The Labute approximate surface area is 373 Å². The zero-order chi connectivity index (χ0) is 46.0. The zero-order valence-corrected chi connectivity index (χ0v) is 39.8. The standard InChI is InChI=1S/C45H84O15P2/c1-3-5-7-9-11-13-15-16-17-18-19-20-21-22-24-26-28-30-32-34-45(50)56-36-42(47)38-58-62(53,54)60-40-43(48)39-59-61(51,52)57-37-41(46)35-55-44(49)33-31-29-27-25-23-14-12-10-8-6-4-2/h10-13,16-17,41-43,46-48H,3-9,14-15,18-40H2,1-2H3,(H,51,52)(H,53,54)/b12-10-,13-11-,17-16-. The summed E-state index contributed by atoms with van der Waals surface area (Å²) in [7, 11) is -9.56. The van der Waals surface area contributed by atoms with Crippen LogP contribution in [0.5, 0.6) is 0 Å². The molecule has 0 rings (SSSR count). The van der Waals surface area contributed by atoms with Gasteiger partial charge in [0.15, 0.2) is 0 Å². The normalized spacial score (nSPS) is 15.5. The van der Waals surface area contributed by atoms with Gasteiger partial charge in [0.2, 0.25) is 0 Å². The van der Waals surface area contributed by atoms with E-state index in [-0.39, 0.29) is 12.8 Å². The van der Waals surface area contributed by atoms with Crippen LogP contribution in [0.25, 0.3) is 0 Å². The van der Waals surface area contributed by atoms with E-state index in [9.17, 15) is 43.8 Å². The molecule has 62 heavy (non-hydrogen) atoms. The van der Waals surface area contributed by atoms with Crippen molar-refractivity contribution in [2.24, 2.45) is 0 Å². The number of allylic oxidation sites excluding steroid dienone is 6. The first kappa shape index (κ1) is 60.3. The summed E-state index contributed by atoms with van der Waals surface area (Å²) in [4.78, 5) is 43.6. The number of carbonyl (C=O) groups is 2. The maximum absolute atomic E-state index is 12.1. The van der Waals surface area contributed by atoms with Gasteiger partial charge in [-0.25, -0.2) is 9.13 Å². The van der Waals surface area contributed by atoms with Crippen molar-refractivity contribution in [2.45, 2.75) is 199 Å². The Morgan fingerprint density at radius 1 is 0.419 bits per heavy atom. The summed E-state index contributed by atoms with van der Waals surface area (Å²) in [6, 6.07) is 0. The van der Waals surface area contributed by atoms with Crippen LogP contribution in [0.4, 0.5) is 0 Å². The monoisotopic (exact) mass is 927 g/mol. The number of aliphatic hydroxyl groups excluding tert-OH is 3. The van der Waals surface area contributed by atoms with Crippen LogP contribution < -0.4 is 0 Å². The van der Waals surface area contributed by atoms with Gasteiger partial charge in [0.1, 0.15) is 31.5 Å². The Kier molecular flexibility index (Phi) is 40.8. The number of aliphatic hydroxyl groups is 3. The van der Waals surface area contributed by atoms with Crippen LogP contribution in [0.3, 0.4) is 0 Å². The first-order valence-corrected chi connectivity index (χ1v) is 26.3. The molecule has 5 N–H and O–H groups in total. The maximum Gasteiger partial charge on any atom is 0.472 e. The molecule has 0 aromatic rings. The zero-order valence-electron chi connectivity index (χ0n) is 38.0. The van der Waals surface area contributed by atoms with Crippen LogP contribution in [-0.4, -0.2) is 95.0 Å². The van der Waals surface area contributed by atoms with Gasteiger partial charge in [0.25, 0.3) is 0 Å². The van der Waals surface area contributed by atoms with Gasteiger partial charge in [0.05, 0.1) is 26.4 Å². The van der Waals surface area contributed by atoms with Gasteiger partial charge in [-0.2, -0.15) is 0 Å². The average molecular weight is 927 g/mol. The molecule has 15 nitrogen and oxygen atoms in total. The maximum atomic E-state index is 12.1. The fourth-order valence-electron chi connectivity index (χ4n) is 5.87. The van der Waals surface area contributed by atoms with E-state index in [0.717, 1.165) is 70.6 Å². The fourth-order valence-corrected chi connectivity index (χ4v) is 7.46. The summed E-state index contributed by atoms with van der Waals surface area (Å²) in [5, 5.41) is 30.0. The predicted molar refractivity (Wildman–Crippen MR) is 242 cm³/mol. The third-order valence-electron chi connectivity index (χ3n) is 9.57. The highest BCUT2D eigenvalue weighted by Crippen LogP contribution is 2.45. The van der Waals surface area contributed by atoms with Crippen LogP contribution in [-0.2, 0) is 46.3 Å². The van der Waals surface area contributed by atoms with Crippen molar-refractivity contribution in [3.63, 3.8) is 0 Å². The van der Waals surface area contributed by atoms with Crippen molar-refractivity contribution in [1.82, 2.24) is 0 Å². The lowest BCUT2D eigenvalue weighted by molar-refractivity contribution is -0.148. The number of ether oxygens (including phenoxy) is 2. The van der Waals surface area contributed by atoms with Crippen molar-refractivity contribution < 1.29 is 71.4 Å². The van der Waals surface area contributed by atoms with Crippen LogP contribution in [0.1, 0.15) is 181 Å². The summed E-state index contributed by atoms with van der Waals surface area (Å²) in [5.74, 6) is -1.01. The lowest BCUT2D eigenvalue weighted by Crippen LogP contribution is -2.25. The molecule has 0 aliphatic carbocycles. The Bertz CT molecular complexity index is 1260. The van der Waals surface area contributed by atoms with Gasteiger partial charge in [0, 0.05) is 12.8 Å². The van der Waals surface area contributed by atoms with Crippen molar-refractivity contribution in [1.29, 1.82) is 0 Å². The molecule has 0 aromatic heterocycles. The van der Waals surface area contributed by atoms with Gasteiger partial charge >= 0.3 is 27.6 Å². The highest BCUT2D eigenvalue weighted by molar-refractivity contribution is 7.47. The Balaban J connectivity index is 3.89. The van der Waals surface area contributed by atoms with E-state index in [1.54, 1.807) is 0 Å². The molecule has 5 unspecified atom stereocenters. The largest absolute Gasteiger partial charge is 0.472 e. The molecule has 364 valence electrons. The molecule has 0 radical (unpaired) electrons. The van der Waals surface area contributed by atoms with Gasteiger partial charge in [-0.3, -0.25) is 27.7 Å². The molecule has 0 amide bonds. The molecule has 0 fully saturated rings. The van der Waals surface area contributed by atoms with E-state index >= 15 is 0 Å². The van der Waals surface area contributed by atoms with E-state index in [0.29, 0.717) is 12.8 Å². The highest BCUT2D eigenvalue weighted by atomic mass is 31.2. The number of unbranched alkanes of at least 4 members (excludes halogenated alkanes) is 19. The lowest BCUT2D eigenvalue weighted by Gasteiger charge is -2.19. The van der Waals surface area contributed by atoms with Gasteiger partial charge in [-0.05, 0) is 64.2 Å². The molecule has 0 aliphatic heterocycles. The molecule has 0 heterocycles. The third-order valence-corrected chi connectivity index (χ3v) is 11.5. The SMILES string of the molecule is CCCC/C=C\CCCCCCCC(=O)OCC(O)COP(=O)(O)OCC(O)COP(=O)(O)OCC(O)COC(=O)CCCCCCCCCCC/C=C\C/C=C\CCCCC. The van der Waals surface area contributed by atoms with E-state index in [4.69, 9.17) is 9.47 Å². The van der Waals surface area contributed by atoms with Gasteiger partial charge < -0.3 is 34.6 Å². The molecular weight excluding hydrogens is 842 g/mol. The summed E-state index contributed by atoms with van der Waals surface area (Å²) in [6.07, 6.45) is 35.7. The molecule has 17 heteroatoms. The fraction of sp³-hybridized carbons (Fsp3) is 0.822. The van der Waals surface area contributed by atoms with Gasteiger partial charge in [-0.15, -0.1) is 0 Å². The Hall–Kier alpha value is -1.74. The smallest absolute Gasteiger partial charge is 0.463 e. The van der Waals surface area contributed by atoms with Crippen molar-refractivity contribution >= 4 is 27.6 Å². The van der Waals surface area contributed by atoms with Crippen LogP contribution in [0.15, 0.2) is 36.5 Å². The van der Waals surface area contributed by atoms with Crippen LogP contribution in [0, 0.1) is 0 Å². The lowest BCUT2D eigenvalue weighted by atomic mass is 10.1. The Morgan fingerprint density at radius 2 is 0.710 bits per heavy atom. The summed E-state index contributed by atoms with van der Waals surface area (Å²) in [5.41, 5.74) is 0. The van der Waals surface area contributed by atoms with E-state index < -0.39 is 85.5 Å². The molecule has 0 aromatic carbocycles. The van der Waals surface area contributed by atoms with Crippen molar-refractivity contribution in [2.75, 3.05) is 39.6 Å². The predicted octanol–water partition coefficient (Wildman–Crippen LogP) is 10.3. The number of phosphoric acid groups is 2. The minimum Gasteiger partial charge on any atom is -0.463 e.